The third-order valence-corrected chi connectivity index (χ3v) is 8.62. The molecular weight excluding hydrogens is 574 g/mol. The fourth-order valence-corrected chi connectivity index (χ4v) is 6.18. The number of nitrogens with one attached hydrogen (secondary N) is 1. The SMILES string of the molecule is CCCN(OCCNC(=O)OC(C)C)C(=O)C1=Cc2ccc(-c3cncc(S(=O)(=O)N4CC(CN)C4)c3)cc2N=C(N)C1. The van der Waals surface area contributed by atoms with Gasteiger partial charge >= 0.3 is 6.09 Å². The van der Waals surface area contributed by atoms with Crippen molar-refractivity contribution >= 4 is 39.6 Å². The standard InChI is InChI=1S/C29H39N7O6S/c1-4-8-36(41-9-7-33-29(38)42-19(2)3)28(37)23-10-22-6-5-21(12-26(22)34-27(31)13-23)24-11-25(16-32-15-24)43(39,40)35-17-20(14-30)18-35/h5-6,10-12,15-16,19-20H,4,7-9,13-14,17-18,30H2,1-3H3,(H2,31,34)(H,33,38). The summed E-state index contributed by atoms with van der Waals surface area (Å²) in [5, 5.41) is 3.85. The molecule has 0 saturated carbocycles. The minimum Gasteiger partial charge on any atom is -0.447 e. The topological polar surface area (TPSA) is 183 Å². The zero-order valence-electron chi connectivity index (χ0n) is 24.7. The van der Waals surface area contributed by atoms with Gasteiger partial charge in [0.25, 0.3) is 5.91 Å². The van der Waals surface area contributed by atoms with Gasteiger partial charge < -0.3 is 21.5 Å². The van der Waals surface area contributed by atoms with Crippen molar-refractivity contribution in [3.8, 4) is 11.1 Å². The van der Waals surface area contributed by atoms with Crippen molar-refractivity contribution in [1.29, 1.82) is 0 Å². The first-order valence-corrected chi connectivity index (χ1v) is 15.7. The fourth-order valence-electron chi connectivity index (χ4n) is 4.59. The number of carbonyl (C=O) groups excluding carboxylic acids is 2. The van der Waals surface area contributed by atoms with E-state index in [1.807, 2.05) is 13.0 Å². The molecule has 0 radical (unpaired) electrons. The van der Waals surface area contributed by atoms with Crippen molar-refractivity contribution < 1.29 is 27.6 Å². The summed E-state index contributed by atoms with van der Waals surface area (Å²) in [7, 11) is -3.68. The number of alkyl carbamates (subject to hydrolysis) is 1. The molecule has 2 aliphatic rings. The number of carbonyl (C=O) groups is 2. The van der Waals surface area contributed by atoms with Crippen molar-refractivity contribution in [3.05, 3.63) is 47.8 Å². The van der Waals surface area contributed by atoms with Gasteiger partial charge in [0.2, 0.25) is 10.0 Å². The maximum atomic E-state index is 13.4. The number of pyridine rings is 1. The number of aliphatic imine (C=N–C) groups is 1. The average Bonchev–Trinajstić information content (AvgIpc) is 3.10. The predicted molar refractivity (Wildman–Crippen MR) is 162 cm³/mol. The molecule has 1 saturated heterocycles. The van der Waals surface area contributed by atoms with Gasteiger partial charge in [0, 0.05) is 61.7 Å². The maximum absolute atomic E-state index is 13.4. The highest BCUT2D eigenvalue weighted by Gasteiger charge is 2.36. The molecule has 3 heterocycles. The van der Waals surface area contributed by atoms with E-state index in [0.29, 0.717) is 60.6 Å². The lowest BCUT2D eigenvalue weighted by Crippen LogP contribution is -2.52. The van der Waals surface area contributed by atoms with Crippen LogP contribution >= 0.6 is 0 Å². The molecule has 43 heavy (non-hydrogen) atoms. The molecule has 0 atom stereocenters. The zero-order chi connectivity index (χ0) is 31.1. The summed E-state index contributed by atoms with van der Waals surface area (Å²) in [6.45, 7) is 7.24. The summed E-state index contributed by atoms with van der Waals surface area (Å²) >= 11 is 0. The van der Waals surface area contributed by atoms with E-state index in [0.717, 1.165) is 0 Å². The van der Waals surface area contributed by atoms with Crippen LogP contribution in [-0.4, -0.2) is 86.0 Å². The van der Waals surface area contributed by atoms with Crippen LogP contribution in [0.15, 0.2) is 52.1 Å². The van der Waals surface area contributed by atoms with Gasteiger partial charge in [-0.25, -0.2) is 23.3 Å². The lowest BCUT2D eigenvalue weighted by atomic mass is 10.0. The Labute approximate surface area is 251 Å². The van der Waals surface area contributed by atoms with Crippen LogP contribution in [0.3, 0.4) is 0 Å². The van der Waals surface area contributed by atoms with Crippen molar-refractivity contribution in [3.63, 3.8) is 0 Å². The summed E-state index contributed by atoms with van der Waals surface area (Å²) < 4.78 is 32.6. The van der Waals surface area contributed by atoms with E-state index in [9.17, 15) is 18.0 Å². The number of rotatable bonds is 12. The fraction of sp³-hybridized carbons (Fsp3) is 0.448. The largest absolute Gasteiger partial charge is 0.447 e. The van der Waals surface area contributed by atoms with Crippen LogP contribution in [0.5, 0.6) is 0 Å². The molecule has 2 amide bonds. The van der Waals surface area contributed by atoms with Crippen LogP contribution in [0.2, 0.25) is 0 Å². The van der Waals surface area contributed by atoms with E-state index in [1.54, 1.807) is 44.3 Å². The Bertz CT molecular complexity index is 1500. The Morgan fingerprint density at radius 3 is 2.65 bits per heavy atom. The van der Waals surface area contributed by atoms with Crippen molar-refractivity contribution in [1.82, 2.24) is 19.7 Å². The van der Waals surface area contributed by atoms with Crippen LogP contribution in [0.4, 0.5) is 10.5 Å². The number of nitrogens with zero attached hydrogens (tertiary/aromatic N) is 4. The molecular formula is C29H39N7O6S. The van der Waals surface area contributed by atoms with E-state index in [1.165, 1.54) is 15.6 Å². The van der Waals surface area contributed by atoms with Crippen molar-refractivity contribution in [2.24, 2.45) is 22.4 Å². The van der Waals surface area contributed by atoms with Gasteiger partial charge in [0.1, 0.15) is 10.7 Å². The molecule has 0 unspecified atom stereocenters. The van der Waals surface area contributed by atoms with Gasteiger partial charge in [0.15, 0.2) is 0 Å². The molecule has 1 fully saturated rings. The van der Waals surface area contributed by atoms with Crippen LogP contribution < -0.4 is 16.8 Å². The van der Waals surface area contributed by atoms with E-state index in [-0.39, 0.29) is 48.2 Å². The summed E-state index contributed by atoms with van der Waals surface area (Å²) in [5.74, 6) is 0.0556. The predicted octanol–water partition coefficient (Wildman–Crippen LogP) is 2.41. The molecule has 2 aliphatic heterocycles. The number of sulfonamides is 1. The van der Waals surface area contributed by atoms with Gasteiger partial charge in [0.05, 0.1) is 18.4 Å². The van der Waals surface area contributed by atoms with E-state index in [4.69, 9.17) is 21.0 Å². The van der Waals surface area contributed by atoms with Gasteiger partial charge in [-0.1, -0.05) is 19.1 Å². The zero-order valence-corrected chi connectivity index (χ0v) is 25.5. The highest BCUT2D eigenvalue weighted by atomic mass is 32.2. The maximum Gasteiger partial charge on any atom is 0.407 e. The van der Waals surface area contributed by atoms with Gasteiger partial charge in [-0.15, -0.1) is 0 Å². The van der Waals surface area contributed by atoms with E-state index >= 15 is 0 Å². The highest BCUT2D eigenvalue weighted by molar-refractivity contribution is 7.89. The molecule has 0 aliphatic carbocycles. The van der Waals surface area contributed by atoms with Crippen LogP contribution in [0, 0.1) is 5.92 Å². The summed E-state index contributed by atoms with van der Waals surface area (Å²) in [6.07, 6.45) is 4.62. The van der Waals surface area contributed by atoms with Gasteiger partial charge in [-0.2, -0.15) is 4.31 Å². The molecule has 1 aromatic carbocycles. The number of amidine groups is 1. The molecule has 4 rings (SSSR count). The summed E-state index contributed by atoms with van der Waals surface area (Å²) in [6, 6.07) is 7.00. The molecule has 5 N–H and O–H groups in total. The minimum atomic E-state index is -3.68. The quantitative estimate of drug-likeness (QED) is 0.239. The number of nitrogens with two attached hydrogens (primary N) is 2. The lowest BCUT2D eigenvalue weighted by molar-refractivity contribution is -0.181. The smallest absolute Gasteiger partial charge is 0.407 e. The number of hydrogen-bond acceptors (Lipinski definition) is 10. The van der Waals surface area contributed by atoms with Crippen molar-refractivity contribution in [2.45, 2.75) is 44.6 Å². The number of fused-ring (bicyclic) bond motifs is 1. The van der Waals surface area contributed by atoms with Crippen LogP contribution in [-0.2, 0) is 24.4 Å². The van der Waals surface area contributed by atoms with Gasteiger partial charge in [-0.05, 0) is 56.5 Å². The minimum absolute atomic E-state index is 0.0733. The molecule has 0 bridgehead atoms. The Balaban J connectivity index is 1.50. The molecule has 2 aromatic rings. The number of benzene rings is 1. The molecule has 0 spiro atoms. The van der Waals surface area contributed by atoms with Gasteiger partial charge in [-0.3, -0.25) is 14.6 Å². The lowest BCUT2D eigenvalue weighted by Gasteiger charge is -2.37. The molecule has 232 valence electrons. The Morgan fingerprint density at radius 1 is 1.19 bits per heavy atom. The molecule has 13 nitrogen and oxygen atoms in total. The third-order valence-electron chi connectivity index (χ3n) is 6.83. The average molecular weight is 614 g/mol. The Hall–Kier alpha value is -3.85. The van der Waals surface area contributed by atoms with E-state index in [2.05, 4.69) is 15.3 Å². The van der Waals surface area contributed by atoms with E-state index < -0.39 is 16.1 Å². The number of amides is 2. The second-order valence-corrected chi connectivity index (χ2v) is 12.6. The second-order valence-electron chi connectivity index (χ2n) is 10.7. The normalized spacial score (nSPS) is 15.6. The Kier molecular flexibility index (Phi) is 10.5. The second kappa shape index (κ2) is 14.1. The monoisotopic (exact) mass is 613 g/mol. The third kappa shape index (κ3) is 7.96. The first-order chi connectivity index (χ1) is 20.5. The number of hydrogen-bond donors (Lipinski definition) is 3. The molecule has 14 heteroatoms. The first kappa shape index (κ1) is 32.1. The Morgan fingerprint density at radius 2 is 1.95 bits per heavy atom. The number of hydroxylamine groups is 2. The van der Waals surface area contributed by atoms with Crippen LogP contribution in [0.25, 0.3) is 17.2 Å². The summed E-state index contributed by atoms with van der Waals surface area (Å²) in [5.41, 5.74) is 14.8. The first-order valence-electron chi connectivity index (χ1n) is 14.2. The summed E-state index contributed by atoms with van der Waals surface area (Å²) in [4.78, 5) is 39.7. The van der Waals surface area contributed by atoms with Crippen LogP contribution in [0.1, 0.15) is 39.2 Å². The highest BCUT2D eigenvalue weighted by Crippen LogP contribution is 2.33. The molecule has 1 aromatic heterocycles. The van der Waals surface area contributed by atoms with Crippen molar-refractivity contribution in [2.75, 3.05) is 39.3 Å². The number of ether oxygens (including phenoxy) is 1. The number of aromatic nitrogens is 1.